The van der Waals surface area contributed by atoms with E-state index in [1.54, 1.807) is 25.1 Å². The summed E-state index contributed by atoms with van der Waals surface area (Å²) >= 11 is 0. The Morgan fingerprint density at radius 1 is 1.00 bits per heavy atom. The topological polar surface area (TPSA) is 43.1 Å². The van der Waals surface area contributed by atoms with Crippen LogP contribution in [0.2, 0.25) is 0 Å². The first-order valence-electron chi connectivity index (χ1n) is 5.66. The summed E-state index contributed by atoms with van der Waals surface area (Å²) in [7, 11) is 0. The van der Waals surface area contributed by atoms with Crippen molar-refractivity contribution in [3.63, 3.8) is 0 Å². The van der Waals surface area contributed by atoms with Gasteiger partial charge in [0.05, 0.1) is 0 Å². The first-order valence-corrected chi connectivity index (χ1v) is 5.66. The molecule has 2 nitrogen and oxygen atoms in total. The third-order valence-electron chi connectivity index (χ3n) is 2.93. The number of ketones is 1. The molecule has 0 bridgehead atoms. The molecule has 0 radical (unpaired) electrons. The second kappa shape index (κ2) is 4.61. The number of hydrogen-bond acceptors (Lipinski definition) is 2. The van der Waals surface area contributed by atoms with E-state index < -0.39 is 0 Å². The predicted octanol–water partition coefficient (Wildman–Crippen LogP) is 3.26. The summed E-state index contributed by atoms with van der Waals surface area (Å²) in [5.41, 5.74) is 8.85. The van der Waals surface area contributed by atoms with Crippen molar-refractivity contribution in [2.45, 2.75) is 13.8 Å². The van der Waals surface area contributed by atoms with Crippen LogP contribution in [0.15, 0.2) is 36.4 Å². The summed E-state index contributed by atoms with van der Waals surface area (Å²) in [5.74, 6) is -0.442. The zero-order valence-corrected chi connectivity index (χ0v) is 10.3. The third-order valence-corrected chi connectivity index (χ3v) is 2.93. The second-order valence-corrected chi connectivity index (χ2v) is 4.36. The Morgan fingerprint density at radius 2 is 1.56 bits per heavy atom. The van der Waals surface area contributed by atoms with Gasteiger partial charge in [-0.3, -0.25) is 4.79 Å². The SMILES string of the molecule is Cc1cc(N)ccc1C(=O)c1ccc(F)cc1C. The van der Waals surface area contributed by atoms with Crippen LogP contribution in [0.3, 0.4) is 0 Å². The van der Waals surface area contributed by atoms with Crippen LogP contribution in [0.25, 0.3) is 0 Å². The van der Waals surface area contributed by atoms with Crippen molar-refractivity contribution in [2.75, 3.05) is 5.73 Å². The van der Waals surface area contributed by atoms with E-state index in [2.05, 4.69) is 0 Å². The molecular weight excluding hydrogens is 229 g/mol. The number of halogens is 1. The van der Waals surface area contributed by atoms with Gasteiger partial charge in [-0.15, -0.1) is 0 Å². The minimum absolute atomic E-state index is 0.106. The standard InChI is InChI=1S/C15H14FNO/c1-9-7-11(16)3-5-13(9)15(18)14-6-4-12(17)8-10(14)2/h3-8H,17H2,1-2H3. The van der Waals surface area contributed by atoms with Crippen LogP contribution in [-0.4, -0.2) is 5.78 Å². The molecule has 0 aromatic heterocycles. The molecule has 2 aromatic carbocycles. The molecule has 2 rings (SSSR count). The van der Waals surface area contributed by atoms with Crippen LogP contribution in [0.5, 0.6) is 0 Å². The number of benzene rings is 2. The van der Waals surface area contributed by atoms with E-state index in [4.69, 9.17) is 5.73 Å². The normalized spacial score (nSPS) is 10.4. The van der Waals surface area contributed by atoms with Crippen molar-refractivity contribution in [1.82, 2.24) is 0 Å². The molecule has 0 aliphatic carbocycles. The lowest BCUT2D eigenvalue weighted by Crippen LogP contribution is -2.06. The molecule has 0 heterocycles. The first-order chi connectivity index (χ1) is 8.49. The van der Waals surface area contributed by atoms with Gasteiger partial charge >= 0.3 is 0 Å². The first kappa shape index (κ1) is 12.3. The number of aryl methyl sites for hydroxylation is 2. The monoisotopic (exact) mass is 243 g/mol. The van der Waals surface area contributed by atoms with Gasteiger partial charge in [-0.2, -0.15) is 0 Å². The molecule has 0 amide bonds. The third kappa shape index (κ3) is 2.25. The Morgan fingerprint density at radius 3 is 2.11 bits per heavy atom. The zero-order chi connectivity index (χ0) is 13.3. The van der Waals surface area contributed by atoms with Crippen molar-refractivity contribution >= 4 is 11.5 Å². The minimum atomic E-state index is -0.335. The van der Waals surface area contributed by atoms with Gasteiger partial charge in [-0.25, -0.2) is 4.39 Å². The molecule has 0 fully saturated rings. The fraction of sp³-hybridized carbons (Fsp3) is 0.133. The van der Waals surface area contributed by atoms with E-state index in [0.29, 0.717) is 22.4 Å². The minimum Gasteiger partial charge on any atom is -0.399 e. The highest BCUT2D eigenvalue weighted by atomic mass is 19.1. The van der Waals surface area contributed by atoms with E-state index in [9.17, 15) is 9.18 Å². The highest BCUT2D eigenvalue weighted by molar-refractivity contribution is 6.10. The van der Waals surface area contributed by atoms with Gasteiger partial charge in [0.25, 0.3) is 0 Å². The van der Waals surface area contributed by atoms with E-state index in [1.807, 2.05) is 6.92 Å². The molecule has 2 N–H and O–H groups in total. The fourth-order valence-electron chi connectivity index (χ4n) is 1.97. The van der Waals surface area contributed by atoms with E-state index in [-0.39, 0.29) is 11.6 Å². The maximum atomic E-state index is 13.0. The highest BCUT2D eigenvalue weighted by Crippen LogP contribution is 2.19. The molecule has 0 spiro atoms. The summed E-state index contributed by atoms with van der Waals surface area (Å²) < 4.78 is 13.0. The summed E-state index contributed by atoms with van der Waals surface area (Å²) in [6.07, 6.45) is 0. The number of carbonyl (C=O) groups is 1. The van der Waals surface area contributed by atoms with Crippen LogP contribution in [0.1, 0.15) is 27.0 Å². The van der Waals surface area contributed by atoms with Crippen molar-refractivity contribution in [3.8, 4) is 0 Å². The largest absolute Gasteiger partial charge is 0.399 e. The number of carbonyl (C=O) groups excluding carboxylic acids is 1. The highest BCUT2D eigenvalue weighted by Gasteiger charge is 2.14. The molecular formula is C15H14FNO. The Hall–Kier alpha value is -2.16. The van der Waals surface area contributed by atoms with Crippen molar-refractivity contribution in [1.29, 1.82) is 0 Å². The maximum Gasteiger partial charge on any atom is 0.193 e. The van der Waals surface area contributed by atoms with Gasteiger partial charge in [0, 0.05) is 16.8 Å². The number of anilines is 1. The quantitative estimate of drug-likeness (QED) is 0.650. The Balaban J connectivity index is 2.48. The van der Waals surface area contributed by atoms with Crippen molar-refractivity contribution < 1.29 is 9.18 Å². The van der Waals surface area contributed by atoms with Crippen LogP contribution in [0, 0.1) is 19.7 Å². The average molecular weight is 243 g/mol. The van der Waals surface area contributed by atoms with Crippen molar-refractivity contribution in [2.24, 2.45) is 0 Å². The Bertz CT molecular complexity index is 566. The lowest BCUT2D eigenvalue weighted by molar-refractivity contribution is 0.103. The fourth-order valence-corrected chi connectivity index (χ4v) is 1.97. The summed E-state index contributed by atoms with van der Waals surface area (Å²) in [4.78, 5) is 12.3. The molecule has 0 unspecified atom stereocenters. The van der Waals surface area contributed by atoms with Gasteiger partial charge in [0.15, 0.2) is 5.78 Å². The smallest absolute Gasteiger partial charge is 0.193 e. The van der Waals surface area contributed by atoms with E-state index in [1.165, 1.54) is 18.2 Å². The Kier molecular flexibility index (Phi) is 3.15. The Labute approximate surface area is 105 Å². The van der Waals surface area contributed by atoms with E-state index in [0.717, 1.165) is 5.56 Å². The zero-order valence-electron chi connectivity index (χ0n) is 10.3. The lowest BCUT2D eigenvalue weighted by atomic mass is 9.96. The number of nitrogens with two attached hydrogens (primary N) is 1. The lowest BCUT2D eigenvalue weighted by Gasteiger charge is -2.08. The van der Waals surface area contributed by atoms with Crippen LogP contribution in [0.4, 0.5) is 10.1 Å². The van der Waals surface area contributed by atoms with Crippen molar-refractivity contribution in [3.05, 3.63) is 64.5 Å². The van der Waals surface area contributed by atoms with Gasteiger partial charge < -0.3 is 5.73 Å². The maximum absolute atomic E-state index is 13.0. The molecule has 0 aliphatic heterocycles. The second-order valence-electron chi connectivity index (χ2n) is 4.36. The predicted molar refractivity (Wildman–Crippen MR) is 70.2 cm³/mol. The van der Waals surface area contributed by atoms with Gasteiger partial charge in [0.1, 0.15) is 5.82 Å². The van der Waals surface area contributed by atoms with Gasteiger partial charge in [-0.05, 0) is 61.4 Å². The molecule has 18 heavy (non-hydrogen) atoms. The van der Waals surface area contributed by atoms with Gasteiger partial charge in [-0.1, -0.05) is 0 Å². The summed E-state index contributed by atoms with van der Waals surface area (Å²) in [5, 5.41) is 0. The van der Waals surface area contributed by atoms with Gasteiger partial charge in [0.2, 0.25) is 0 Å². The number of hydrogen-bond donors (Lipinski definition) is 1. The van der Waals surface area contributed by atoms with Crippen LogP contribution in [-0.2, 0) is 0 Å². The summed E-state index contributed by atoms with van der Waals surface area (Å²) in [6, 6.07) is 9.33. The molecule has 0 saturated carbocycles. The molecule has 0 saturated heterocycles. The van der Waals surface area contributed by atoms with Crippen LogP contribution >= 0.6 is 0 Å². The molecule has 0 atom stereocenters. The molecule has 3 heteroatoms. The molecule has 0 aliphatic rings. The van der Waals surface area contributed by atoms with E-state index >= 15 is 0 Å². The number of rotatable bonds is 2. The molecule has 2 aromatic rings. The number of nitrogen functional groups attached to an aromatic ring is 1. The van der Waals surface area contributed by atoms with Crippen LogP contribution < -0.4 is 5.73 Å². The molecule has 92 valence electrons. The summed E-state index contributed by atoms with van der Waals surface area (Å²) in [6.45, 7) is 3.56. The average Bonchev–Trinajstić information content (AvgIpc) is 2.28.